The van der Waals surface area contributed by atoms with E-state index < -0.39 is 12.1 Å². The monoisotopic (exact) mass is 444 g/mol. The van der Waals surface area contributed by atoms with Gasteiger partial charge in [-0.1, -0.05) is 61.5 Å². The van der Waals surface area contributed by atoms with Gasteiger partial charge < -0.3 is 4.90 Å². The van der Waals surface area contributed by atoms with Crippen molar-refractivity contribution in [2.45, 2.75) is 64.5 Å². The van der Waals surface area contributed by atoms with E-state index in [0.717, 1.165) is 50.9 Å². The molecule has 0 radical (unpaired) electrons. The van der Waals surface area contributed by atoms with Gasteiger partial charge in [0.25, 0.3) is 0 Å². The molecule has 32 heavy (non-hydrogen) atoms. The Hall–Kier alpha value is -2.32. The average Bonchev–Trinajstić information content (AvgIpc) is 2.72. The number of aryl methyl sites for hydroxylation is 1. The van der Waals surface area contributed by atoms with Crippen LogP contribution in [0.15, 0.2) is 54.6 Å². The molecule has 3 rings (SSSR count). The van der Waals surface area contributed by atoms with Crippen molar-refractivity contribution < 1.29 is 13.2 Å². The fourth-order valence-corrected chi connectivity index (χ4v) is 4.31. The third-order valence-electron chi connectivity index (χ3n) is 6.14. The maximum atomic E-state index is 13.0. The van der Waals surface area contributed by atoms with Crippen LogP contribution in [-0.4, -0.2) is 30.7 Å². The van der Waals surface area contributed by atoms with Gasteiger partial charge in [0.05, 0.1) is 12.0 Å². The molecule has 2 atom stereocenters. The van der Waals surface area contributed by atoms with Crippen LogP contribution in [0.25, 0.3) is 0 Å². The summed E-state index contributed by atoms with van der Waals surface area (Å²) in [6.45, 7) is 6.87. The Morgan fingerprint density at radius 3 is 2.06 bits per heavy atom. The molecule has 0 N–H and O–H groups in total. The van der Waals surface area contributed by atoms with E-state index in [-0.39, 0.29) is 12.3 Å². The fraction of sp³-hybridized carbons (Fsp3) is 0.519. The van der Waals surface area contributed by atoms with Crippen molar-refractivity contribution in [3.05, 3.63) is 71.3 Å². The van der Waals surface area contributed by atoms with Crippen LogP contribution in [0.3, 0.4) is 0 Å². The van der Waals surface area contributed by atoms with Crippen LogP contribution in [0.5, 0.6) is 0 Å². The lowest BCUT2D eigenvalue weighted by Gasteiger charge is -2.38. The van der Waals surface area contributed by atoms with Crippen molar-refractivity contribution in [3.8, 4) is 6.07 Å². The topological polar surface area (TPSA) is 27.0 Å². The first-order chi connectivity index (χ1) is 15.4. The van der Waals surface area contributed by atoms with Gasteiger partial charge in [-0.15, -0.1) is 0 Å². The normalized spacial score (nSPS) is 17.8. The van der Waals surface area contributed by atoms with Crippen molar-refractivity contribution >= 4 is 0 Å². The van der Waals surface area contributed by atoms with Crippen LogP contribution in [0.2, 0.25) is 0 Å². The van der Waals surface area contributed by atoms with Crippen LogP contribution >= 0.6 is 0 Å². The van der Waals surface area contributed by atoms with Gasteiger partial charge in [-0.2, -0.15) is 18.4 Å². The number of hydrogen-bond donors (Lipinski definition) is 0. The predicted molar refractivity (Wildman–Crippen MR) is 124 cm³/mol. The van der Waals surface area contributed by atoms with Crippen molar-refractivity contribution in [1.29, 1.82) is 5.26 Å². The number of nitriles is 1. The lowest BCUT2D eigenvalue weighted by atomic mass is 9.69. The Kier molecular flexibility index (Phi) is 10.8. The van der Waals surface area contributed by atoms with E-state index in [1.54, 1.807) is 6.07 Å². The van der Waals surface area contributed by atoms with E-state index >= 15 is 0 Å². The third kappa shape index (κ3) is 8.31. The van der Waals surface area contributed by atoms with Gasteiger partial charge in [-0.3, -0.25) is 0 Å². The lowest BCUT2D eigenvalue weighted by molar-refractivity contribution is -0.200. The molecule has 5 heteroatoms. The zero-order valence-corrected chi connectivity index (χ0v) is 19.2. The van der Waals surface area contributed by atoms with Gasteiger partial charge in [0.1, 0.15) is 0 Å². The van der Waals surface area contributed by atoms with E-state index in [9.17, 15) is 13.2 Å². The molecule has 2 unspecified atom stereocenters. The van der Waals surface area contributed by atoms with Gasteiger partial charge >= 0.3 is 6.18 Å². The maximum Gasteiger partial charge on any atom is 0.392 e. The van der Waals surface area contributed by atoms with E-state index in [2.05, 4.69) is 36.1 Å². The van der Waals surface area contributed by atoms with Crippen LogP contribution in [0, 0.1) is 17.2 Å². The van der Waals surface area contributed by atoms with Crippen LogP contribution in [-0.2, 0) is 12.8 Å². The van der Waals surface area contributed by atoms with Gasteiger partial charge in [-0.25, -0.2) is 0 Å². The number of halogens is 3. The van der Waals surface area contributed by atoms with E-state index in [4.69, 9.17) is 5.26 Å². The first-order valence-electron chi connectivity index (χ1n) is 11.6. The summed E-state index contributed by atoms with van der Waals surface area (Å²) >= 11 is 0. The second-order valence-electron chi connectivity index (χ2n) is 8.48. The van der Waals surface area contributed by atoms with Crippen molar-refractivity contribution in [2.24, 2.45) is 5.92 Å². The highest BCUT2D eigenvalue weighted by molar-refractivity contribution is 5.28. The van der Waals surface area contributed by atoms with Crippen molar-refractivity contribution in [1.82, 2.24) is 4.90 Å². The maximum absolute atomic E-state index is 13.0. The molecule has 0 amide bonds. The van der Waals surface area contributed by atoms with E-state index in [0.29, 0.717) is 6.42 Å². The van der Waals surface area contributed by atoms with Gasteiger partial charge in [0.15, 0.2) is 0 Å². The summed E-state index contributed by atoms with van der Waals surface area (Å²) in [5, 5.41) is 7.32. The highest BCUT2D eigenvalue weighted by Gasteiger charge is 2.50. The summed E-state index contributed by atoms with van der Waals surface area (Å²) in [5.41, 5.74) is 3.44. The third-order valence-corrected chi connectivity index (χ3v) is 6.14. The van der Waals surface area contributed by atoms with E-state index in [1.165, 1.54) is 18.1 Å². The minimum absolute atomic E-state index is 0.270. The number of alkyl halides is 3. The summed E-state index contributed by atoms with van der Waals surface area (Å²) in [6.07, 6.45) is 1.11. The highest BCUT2D eigenvalue weighted by Crippen LogP contribution is 2.50. The number of nitrogens with zero attached hydrogens (tertiary/aromatic N) is 2. The molecule has 174 valence electrons. The van der Waals surface area contributed by atoms with Gasteiger partial charge in [0, 0.05) is 13.5 Å². The van der Waals surface area contributed by atoms with Crippen LogP contribution in [0.1, 0.15) is 62.1 Å². The molecular formula is C27H35F3N2. The summed E-state index contributed by atoms with van der Waals surface area (Å²) in [4.78, 5) is 2.52. The van der Waals surface area contributed by atoms with Crippen molar-refractivity contribution in [2.75, 3.05) is 19.6 Å². The molecule has 1 saturated carbocycles. The Morgan fingerprint density at radius 1 is 0.906 bits per heavy atom. The molecule has 0 aromatic heterocycles. The predicted octanol–water partition coefficient (Wildman–Crippen LogP) is 7.16. The van der Waals surface area contributed by atoms with Gasteiger partial charge in [0.2, 0.25) is 0 Å². The number of benzene rings is 2. The second-order valence-corrected chi connectivity index (χ2v) is 8.48. The second kappa shape index (κ2) is 13.3. The molecule has 1 aliphatic rings. The summed E-state index contributed by atoms with van der Waals surface area (Å²) in [7, 11) is 0. The molecule has 0 aliphatic heterocycles. The first-order valence-corrected chi connectivity index (χ1v) is 11.6. The molecule has 0 spiro atoms. The molecule has 2 nitrogen and oxygen atoms in total. The zero-order chi connectivity index (χ0) is 23.4. The van der Waals surface area contributed by atoms with Crippen LogP contribution in [0.4, 0.5) is 13.2 Å². The molecule has 0 saturated heterocycles. The molecule has 0 bridgehead atoms. The molecule has 0 heterocycles. The standard InChI is InChI=1S/C25H32F3N.C2H3N/c1-2-17-29(19-16-20-7-4-3-5-8-20)18-6-9-21-10-12-22(13-11-21)23-14-15-24(23)25(26,27)28;1-2-3/h3-5,7-8,10-13,23-24H,2,6,9,14-19H2,1H3;1H3. The average molecular weight is 445 g/mol. The minimum atomic E-state index is -4.07. The zero-order valence-electron chi connectivity index (χ0n) is 19.2. The molecule has 1 aliphatic carbocycles. The number of rotatable bonds is 10. The smallest absolute Gasteiger partial charge is 0.303 e. The fourth-order valence-electron chi connectivity index (χ4n) is 4.31. The molecule has 1 fully saturated rings. The summed E-state index contributed by atoms with van der Waals surface area (Å²) in [6, 6.07) is 20.2. The lowest BCUT2D eigenvalue weighted by Crippen LogP contribution is -2.36. The first kappa shape index (κ1) is 25.9. The Bertz CT molecular complexity index is 810. The Labute approximate surface area is 191 Å². The number of hydrogen-bond acceptors (Lipinski definition) is 2. The molecule has 2 aromatic rings. The summed E-state index contributed by atoms with van der Waals surface area (Å²) in [5.74, 6) is -1.50. The molecular weight excluding hydrogens is 409 g/mol. The van der Waals surface area contributed by atoms with Crippen LogP contribution < -0.4 is 0 Å². The van der Waals surface area contributed by atoms with E-state index in [1.807, 2.05) is 30.3 Å². The largest absolute Gasteiger partial charge is 0.392 e. The molecule has 2 aromatic carbocycles. The SMILES string of the molecule is CC#N.CCCN(CCCc1ccc(C2CCC2C(F)(F)F)cc1)CCc1ccccc1. The Morgan fingerprint density at radius 2 is 1.53 bits per heavy atom. The Balaban J connectivity index is 0.00000114. The van der Waals surface area contributed by atoms with Crippen molar-refractivity contribution in [3.63, 3.8) is 0 Å². The van der Waals surface area contributed by atoms with Gasteiger partial charge in [-0.05, 0) is 74.2 Å². The minimum Gasteiger partial charge on any atom is -0.303 e. The summed E-state index contributed by atoms with van der Waals surface area (Å²) < 4.78 is 39.0. The highest BCUT2D eigenvalue weighted by atomic mass is 19.4. The quantitative estimate of drug-likeness (QED) is 0.389.